The lowest BCUT2D eigenvalue weighted by atomic mass is 10.1. The number of fused-ring (bicyclic) bond motifs is 1. The molecule has 2 aliphatic heterocycles. The molecule has 5 rings (SSSR count). The van der Waals surface area contributed by atoms with Crippen LogP contribution in [0.25, 0.3) is 10.2 Å². The maximum absolute atomic E-state index is 13.1. The number of thiazole rings is 1. The van der Waals surface area contributed by atoms with Crippen molar-refractivity contribution >= 4 is 37.2 Å². The number of carbonyl (C=O) groups is 1. The van der Waals surface area contributed by atoms with Crippen molar-refractivity contribution in [2.45, 2.75) is 32.9 Å². The van der Waals surface area contributed by atoms with Gasteiger partial charge >= 0.3 is 0 Å². The molecule has 0 unspecified atom stereocenters. The van der Waals surface area contributed by atoms with Crippen LogP contribution in [-0.4, -0.2) is 77.8 Å². The van der Waals surface area contributed by atoms with Crippen LogP contribution in [0, 0.1) is 13.8 Å². The summed E-state index contributed by atoms with van der Waals surface area (Å²) >= 11 is 1.75. The van der Waals surface area contributed by atoms with Crippen molar-refractivity contribution in [1.29, 1.82) is 0 Å². The Morgan fingerprint density at radius 1 is 1.12 bits per heavy atom. The monoisotopic (exact) mass is 486 g/mol. The number of hydrogen-bond donors (Lipinski definition) is 0. The standard InChI is InChI=1S/C24H30N4O3S2/c1-17-13-20(18(2)28(17)19-7-12-33(30,31)16-19)22(29)14-26-8-10-27(11-9-26)15-24-25-21-5-3-4-6-23(21)32-24/h3-6,13,19H,7-12,14-16H2,1-2H3/t19-/m1/s1. The molecule has 33 heavy (non-hydrogen) atoms. The lowest BCUT2D eigenvalue weighted by molar-refractivity contribution is 0.0843. The Morgan fingerprint density at radius 2 is 1.85 bits per heavy atom. The molecule has 7 nitrogen and oxygen atoms in total. The quantitative estimate of drug-likeness (QED) is 0.499. The van der Waals surface area contributed by atoms with Gasteiger partial charge in [0, 0.05) is 49.2 Å². The number of aryl methyl sites for hydroxylation is 1. The van der Waals surface area contributed by atoms with Gasteiger partial charge in [-0.3, -0.25) is 14.6 Å². The number of carbonyl (C=O) groups excluding carboxylic acids is 1. The first-order chi connectivity index (χ1) is 15.8. The highest BCUT2D eigenvalue weighted by atomic mass is 32.2. The Hall–Kier alpha value is -2.07. The van der Waals surface area contributed by atoms with Crippen LogP contribution in [0.4, 0.5) is 0 Å². The van der Waals surface area contributed by atoms with Crippen molar-refractivity contribution in [3.8, 4) is 0 Å². The van der Waals surface area contributed by atoms with E-state index in [9.17, 15) is 13.2 Å². The van der Waals surface area contributed by atoms with Crippen molar-refractivity contribution in [3.05, 3.63) is 52.3 Å². The first kappa shape index (κ1) is 22.7. The average Bonchev–Trinajstić information content (AvgIpc) is 3.43. The number of Topliss-reactive ketones (excluding diaryl/α,β-unsaturated/α-hetero) is 1. The average molecular weight is 487 g/mol. The molecule has 3 aromatic rings. The zero-order valence-electron chi connectivity index (χ0n) is 19.2. The van der Waals surface area contributed by atoms with E-state index in [1.165, 1.54) is 4.70 Å². The molecule has 0 amide bonds. The molecule has 0 N–H and O–H groups in total. The van der Waals surface area contributed by atoms with E-state index >= 15 is 0 Å². The second-order valence-electron chi connectivity index (χ2n) is 9.26. The van der Waals surface area contributed by atoms with E-state index < -0.39 is 9.84 Å². The molecular weight excluding hydrogens is 456 g/mol. The number of sulfone groups is 1. The minimum atomic E-state index is -2.97. The van der Waals surface area contributed by atoms with Gasteiger partial charge in [-0.15, -0.1) is 11.3 Å². The molecule has 0 radical (unpaired) electrons. The molecule has 0 spiro atoms. The number of nitrogens with zero attached hydrogens (tertiary/aromatic N) is 4. The van der Waals surface area contributed by atoms with Crippen LogP contribution in [-0.2, 0) is 16.4 Å². The van der Waals surface area contributed by atoms with Crippen molar-refractivity contribution in [2.75, 3.05) is 44.2 Å². The Bertz CT molecular complexity index is 1250. The molecule has 4 heterocycles. The number of rotatable bonds is 6. The fourth-order valence-corrected chi connectivity index (χ4v) is 7.88. The van der Waals surface area contributed by atoms with Gasteiger partial charge < -0.3 is 4.57 Å². The predicted molar refractivity (Wildman–Crippen MR) is 132 cm³/mol. The van der Waals surface area contributed by atoms with E-state index in [1.807, 2.05) is 32.0 Å². The molecule has 0 saturated carbocycles. The van der Waals surface area contributed by atoms with Gasteiger partial charge in [0.1, 0.15) is 5.01 Å². The third-order valence-electron chi connectivity index (χ3n) is 6.89. The van der Waals surface area contributed by atoms with Gasteiger partial charge in [-0.25, -0.2) is 13.4 Å². The van der Waals surface area contributed by atoms with Gasteiger partial charge in [0.05, 0.1) is 34.8 Å². The molecule has 1 atom stereocenters. The third kappa shape index (κ3) is 4.77. The first-order valence-electron chi connectivity index (χ1n) is 11.5. The molecule has 9 heteroatoms. The fourth-order valence-electron chi connectivity index (χ4n) is 5.17. The molecule has 2 fully saturated rings. The maximum atomic E-state index is 13.1. The second kappa shape index (κ2) is 8.94. The van der Waals surface area contributed by atoms with Gasteiger partial charge in [0.15, 0.2) is 15.6 Å². The van der Waals surface area contributed by atoms with Gasteiger partial charge in [-0.1, -0.05) is 12.1 Å². The van der Waals surface area contributed by atoms with Crippen LogP contribution in [0.15, 0.2) is 30.3 Å². The Balaban J connectivity index is 1.18. The summed E-state index contributed by atoms with van der Waals surface area (Å²) in [5, 5.41) is 1.14. The molecule has 2 aliphatic rings. The Morgan fingerprint density at radius 3 is 2.55 bits per heavy atom. The summed E-state index contributed by atoms with van der Waals surface area (Å²) in [5.74, 6) is 0.530. The van der Waals surface area contributed by atoms with E-state index in [1.54, 1.807) is 11.3 Å². The molecule has 176 valence electrons. The van der Waals surface area contributed by atoms with Crippen LogP contribution in [0.3, 0.4) is 0 Å². The van der Waals surface area contributed by atoms with E-state index in [4.69, 9.17) is 4.98 Å². The molecule has 2 saturated heterocycles. The maximum Gasteiger partial charge on any atom is 0.178 e. The summed E-state index contributed by atoms with van der Waals surface area (Å²) in [6.45, 7) is 8.72. The first-order valence-corrected chi connectivity index (χ1v) is 14.1. The lowest BCUT2D eigenvalue weighted by Crippen LogP contribution is -2.47. The third-order valence-corrected chi connectivity index (χ3v) is 9.66. The molecule has 0 bridgehead atoms. The number of piperazine rings is 1. The Kier molecular flexibility index (Phi) is 6.15. The van der Waals surface area contributed by atoms with Crippen molar-refractivity contribution in [1.82, 2.24) is 19.4 Å². The topological polar surface area (TPSA) is 75.5 Å². The molecular formula is C24H30N4O3S2. The van der Waals surface area contributed by atoms with Crippen LogP contribution in [0.1, 0.15) is 39.2 Å². The zero-order chi connectivity index (χ0) is 23.2. The predicted octanol–water partition coefficient (Wildman–Crippen LogP) is 3.07. The fraction of sp³-hybridized carbons (Fsp3) is 0.500. The highest BCUT2D eigenvalue weighted by Gasteiger charge is 2.32. The highest BCUT2D eigenvalue weighted by Crippen LogP contribution is 2.29. The van der Waals surface area contributed by atoms with Crippen molar-refractivity contribution in [3.63, 3.8) is 0 Å². The smallest absolute Gasteiger partial charge is 0.178 e. The number of aromatic nitrogens is 2. The van der Waals surface area contributed by atoms with E-state index in [0.717, 1.165) is 60.2 Å². The van der Waals surface area contributed by atoms with Gasteiger partial charge in [-0.2, -0.15) is 0 Å². The van der Waals surface area contributed by atoms with Crippen molar-refractivity contribution in [2.24, 2.45) is 0 Å². The summed E-state index contributed by atoms with van der Waals surface area (Å²) < 4.78 is 27.2. The van der Waals surface area contributed by atoms with E-state index in [2.05, 4.69) is 26.5 Å². The van der Waals surface area contributed by atoms with Crippen LogP contribution in [0.5, 0.6) is 0 Å². The minimum Gasteiger partial charge on any atom is -0.344 e. The normalized spacial score (nSPS) is 21.7. The zero-order valence-corrected chi connectivity index (χ0v) is 20.8. The summed E-state index contributed by atoms with van der Waals surface area (Å²) in [5.41, 5.74) is 3.66. The number of ketones is 1. The number of para-hydroxylation sites is 1. The number of hydrogen-bond acceptors (Lipinski definition) is 7. The van der Waals surface area contributed by atoms with Gasteiger partial charge in [-0.05, 0) is 38.5 Å². The van der Waals surface area contributed by atoms with Crippen LogP contribution in [0.2, 0.25) is 0 Å². The molecule has 1 aromatic carbocycles. The molecule has 2 aromatic heterocycles. The SMILES string of the molecule is Cc1cc(C(=O)CN2CCN(Cc3nc4ccccc4s3)CC2)c(C)n1[C@@H]1CCS(=O)(=O)C1. The minimum absolute atomic E-state index is 0.0531. The van der Waals surface area contributed by atoms with Crippen LogP contribution >= 0.6 is 11.3 Å². The summed E-state index contributed by atoms with van der Waals surface area (Å²) in [4.78, 5) is 22.5. The van der Waals surface area contributed by atoms with E-state index in [0.29, 0.717) is 13.0 Å². The summed E-state index contributed by atoms with van der Waals surface area (Å²) in [6, 6.07) is 10.1. The van der Waals surface area contributed by atoms with Crippen LogP contribution < -0.4 is 0 Å². The molecule has 0 aliphatic carbocycles. The summed E-state index contributed by atoms with van der Waals surface area (Å²) in [6.07, 6.45) is 0.628. The summed E-state index contributed by atoms with van der Waals surface area (Å²) in [7, 11) is -2.97. The van der Waals surface area contributed by atoms with Crippen molar-refractivity contribution < 1.29 is 13.2 Å². The van der Waals surface area contributed by atoms with E-state index in [-0.39, 0.29) is 23.3 Å². The lowest BCUT2D eigenvalue weighted by Gasteiger charge is -2.33. The van der Waals surface area contributed by atoms with Gasteiger partial charge in [0.25, 0.3) is 0 Å². The largest absolute Gasteiger partial charge is 0.344 e. The highest BCUT2D eigenvalue weighted by molar-refractivity contribution is 7.91. The number of benzene rings is 1. The van der Waals surface area contributed by atoms with Gasteiger partial charge in [0.2, 0.25) is 0 Å². The second-order valence-corrected chi connectivity index (χ2v) is 12.6. The Labute approximate surface area is 198 Å².